The zero-order chi connectivity index (χ0) is 17.1. The molecule has 0 bridgehead atoms. The van der Waals surface area contributed by atoms with E-state index in [2.05, 4.69) is 36.0 Å². The van der Waals surface area contributed by atoms with Crippen LogP contribution in [-0.4, -0.2) is 9.97 Å². The molecule has 24 heavy (non-hydrogen) atoms. The van der Waals surface area contributed by atoms with Gasteiger partial charge >= 0.3 is 5.95 Å². The molecule has 1 aromatic rings. The van der Waals surface area contributed by atoms with Gasteiger partial charge in [0, 0.05) is 0 Å². The Morgan fingerprint density at radius 1 is 1.25 bits per heavy atom. The first-order valence-electron chi connectivity index (χ1n) is 7.73. The number of anilines is 2. The van der Waals surface area contributed by atoms with E-state index in [1.807, 2.05) is 0 Å². The van der Waals surface area contributed by atoms with Crippen LogP contribution in [0.25, 0.3) is 0 Å². The lowest BCUT2D eigenvalue weighted by atomic mass is 9.92. The third-order valence-corrected chi connectivity index (χ3v) is 3.68. The summed E-state index contributed by atoms with van der Waals surface area (Å²) in [4.78, 5) is 7.69. The second kappa shape index (κ2) is 6.66. The molecule has 0 amide bonds. The van der Waals surface area contributed by atoms with Crippen LogP contribution in [0.15, 0.2) is 53.7 Å². The summed E-state index contributed by atoms with van der Waals surface area (Å²) in [6.45, 7) is 4.33. The highest BCUT2D eigenvalue weighted by molar-refractivity contribution is 5.47. The summed E-state index contributed by atoms with van der Waals surface area (Å²) in [6, 6.07) is 0. The van der Waals surface area contributed by atoms with Crippen LogP contribution < -0.4 is 16.2 Å². The smallest absolute Gasteiger partial charge is 0.327 e. The Balaban J connectivity index is 1.72. The van der Waals surface area contributed by atoms with Crippen molar-refractivity contribution in [1.82, 2.24) is 9.97 Å². The lowest BCUT2D eigenvalue weighted by molar-refractivity contribution is 0.121. The number of aromatic nitrogens is 2. The van der Waals surface area contributed by atoms with E-state index in [9.17, 15) is 0 Å². The summed E-state index contributed by atoms with van der Waals surface area (Å²) in [5, 5.41) is 0. The number of allylic oxidation sites excluding steroid dienone is 4. The van der Waals surface area contributed by atoms with Crippen LogP contribution in [0, 0.1) is 5.92 Å². The van der Waals surface area contributed by atoms with E-state index in [0.29, 0.717) is 11.7 Å². The van der Waals surface area contributed by atoms with Gasteiger partial charge in [-0.05, 0) is 29.9 Å². The predicted octanol–water partition coefficient (Wildman–Crippen LogP) is 3.01. The summed E-state index contributed by atoms with van der Waals surface area (Å²) in [7, 11) is 0. The van der Waals surface area contributed by atoms with E-state index >= 15 is 0 Å². The highest BCUT2D eigenvalue weighted by Gasteiger charge is 2.19. The molecular formula is C17H20N4O3. The van der Waals surface area contributed by atoms with Crippen LogP contribution in [0.4, 0.5) is 11.8 Å². The van der Waals surface area contributed by atoms with Crippen molar-refractivity contribution in [3.8, 4) is 5.75 Å². The summed E-state index contributed by atoms with van der Waals surface area (Å²) >= 11 is 0. The minimum Gasteiger partial charge on any atom is -0.461 e. The molecule has 2 aliphatic rings. The maximum absolute atomic E-state index is 5.78. The van der Waals surface area contributed by atoms with Gasteiger partial charge in [-0.3, -0.25) is 0 Å². The van der Waals surface area contributed by atoms with Crippen LogP contribution in [0.5, 0.6) is 5.75 Å². The number of nitrogens with zero attached hydrogens (tertiary/aromatic N) is 2. The first-order chi connectivity index (χ1) is 11.5. The second-order valence-electron chi connectivity index (χ2n) is 5.80. The van der Waals surface area contributed by atoms with Crippen molar-refractivity contribution < 1.29 is 14.2 Å². The highest BCUT2D eigenvalue weighted by atomic mass is 16.7. The summed E-state index contributed by atoms with van der Waals surface area (Å²) in [5.41, 5.74) is 13.6. The molecule has 3 rings (SSSR count). The second-order valence-corrected chi connectivity index (χ2v) is 5.80. The zero-order valence-corrected chi connectivity index (χ0v) is 13.7. The van der Waals surface area contributed by atoms with Gasteiger partial charge in [-0.15, -0.1) is 0 Å². The van der Waals surface area contributed by atoms with Crippen molar-refractivity contribution >= 4 is 11.8 Å². The molecule has 1 aliphatic heterocycles. The first kappa shape index (κ1) is 15.9. The van der Waals surface area contributed by atoms with E-state index in [1.165, 1.54) is 18.0 Å². The SMILES string of the molecule is CC(C)C1=CCCC(C2=COC=C(Oc3cnc(N)nc3N)O2)=C1. The number of ether oxygens (including phenoxy) is 3. The monoisotopic (exact) mass is 328 g/mol. The molecule has 0 aromatic carbocycles. The molecule has 0 spiro atoms. The molecule has 7 heteroatoms. The molecular weight excluding hydrogens is 308 g/mol. The fraction of sp³-hybridized carbons (Fsp3) is 0.294. The van der Waals surface area contributed by atoms with Gasteiger partial charge in [0.1, 0.15) is 6.26 Å². The Bertz CT molecular complexity index is 763. The lowest BCUT2D eigenvalue weighted by Crippen LogP contribution is -2.11. The van der Waals surface area contributed by atoms with Gasteiger partial charge in [0.05, 0.1) is 6.20 Å². The van der Waals surface area contributed by atoms with Crippen LogP contribution in [0.1, 0.15) is 26.7 Å². The Kier molecular flexibility index (Phi) is 4.41. The standard InChI is InChI=1S/C17H20N4O3/c1-10(2)11-4-3-5-12(6-11)14-8-22-9-15(24-14)23-13-7-20-17(19)21-16(13)18/h4,6-10H,3,5H2,1-2H3,(H4,18,19,20,21). The minimum atomic E-state index is 0.0793. The fourth-order valence-electron chi connectivity index (χ4n) is 2.40. The molecule has 0 unspecified atom stereocenters. The lowest BCUT2D eigenvalue weighted by Gasteiger charge is -2.21. The molecule has 0 saturated carbocycles. The number of hydrogen-bond donors (Lipinski definition) is 2. The number of nitrogen functional groups attached to an aromatic ring is 2. The summed E-state index contributed by atoms with van der Waals surface area (Å²) < 4.78 is 16.7. The van der Waals surface area contributed by atoms with Gasteiger partial charge < -0.3 is 25.7 Å². The Hall–Kier alpha value is -2.96. The molecule has 1 aliphatic carbocycles. The van der Waals surface area contributed by atoms with Gasteiger partial charge in [-0.1, -0.05) is 26.0 Å². The van der Waals surface area contributed by atoms with Crippen molar-refractivity contribution in [3.63, 3.8) is 0 Å². The van der Waals surface area contributed by atoms with E-state index < -0.39 is 0 Å². The molecule has 2 heterocycles. The Morgan fingerprint density at radius 2 is 2.08 bits per heavy atom. The van der Waals surface area contributed by atoms with E-state index in [0.717, 1.165) is 18.4 Å². The molecule has 0 atom stereocenters. The molecule has 1 aromatic heterocycles. The van der Waals surface area contributed by atoms with E-state index in [-0.39, 0.29) is 23.5 Å². The van der Waals surface area contributed by atoms with Crippen LogP contribution >= 0.6 is 0 Å². The maximum Gasteiger partial charge on any atom is 0.327 e. The molecule has 0 radical (unpaired) electrons. The number of nitrogens with two attached hydrogens (primary N) is 2. The normalized spacial score (nSPS) is 17.1. The van der Waals surface area contributed by atoms with Gasteiger partial charge in [0.15, 0.2) is 23.6 Å². The van der Waals surface area contributed by atoms with Crippen molar-refractivity contribution in [2.24, 2.45) is 5.92 Å². The Morgan fingerprint density at radius 3 is 2.83 bits per heavy atom. The first-order valence-corrected chi connectivity index (χ1v) is 7.73. The average Bonchev–Trinajstić information content (AvgIpc) is 2.58. The van der Waals surface area contributed by atoms with Crippen molar-refractivity contribution in [3.05, 3.63) is 53.7 Å². The topological polar surface area (TPSA) is 106 Å². The van der Waals surface area contributed by atoms with E-state index in [4.69, 9.17) is 25.7 Å². The minimum absolute atomic E-state index is 0.0793. The predicted molar refractivity (Wildman–Crippen MR) is 90.1 cm³/mol. The van der Waals surface area contributed by atoms with Crippen molar-refractivity contribution in [1.29, 1.82) is 0 Å². The number of rotatable bonds is 4. The molecule has 4 N–H and O–H groups in total. The number of hydrogen-bond acceptors (Lipinski definition) is 7. The molecule has 0 saturated heterocycles. The van der Waals surface area contributed by atoms with E-state index in [1.54, 1.807) is 6.26 Å². The quantitative estimate of drug-likeness (QED) is 0.875. The fourth-order valence-corrected chi connectivity index (χ4v) is 2.40. The van der Waals surface area contributed by atoms with Gasteiger partial charge in [0.25, 0.3) is 0 Å². The zero-order valence-electron chi connectivity index (χ0n) is 13.7. The van der Waals surface area contributed by atoms with Gasteiger partial charge in [-0.25, -0.2) is 4.98 Å². The maximum atomic E-state index is 5.78. The largest absolute Gasteiger partial charge is 0.461 e. The highest BCUT2D eigenvalue weighted by Crippen LogP contribution is 2.31. The van der Waals surface area contributed by atoms with Gasteiger partial charge in [0.2, 0.25) is 5.95 Å². The third kappa shape index (κ3) is 3.51. The Labute approximate surface area is 140 Å². The van der Waals surface area contributed by atoms with Crippen LogP contribution in [-0.2, 0) is 9.47 Å². The van der Waals surface area contributed by atoms with Crippen molar-refractivity contribution in [2.75, 3.05) is 11.5 Å². The van der Waals surface area contributed by atoms with Gasteiger partial charge in [-0.2, -0.15) is 4.98 Å². The molecule has 7 nitrogen and oxygen atoms in total. The summed E-state index contributed by atoms with van der Waals surface area (Å²) in [6.07, 6.45) is 10.5. The van der Waals surface area contributed by atoms with Crippen molar-refractivity contribution in [2.45, 2.75) is 26.7 Å². The molecule has 0 fully saturated rings. The molecule has 126 valence electrons. The van der Waals surface area contributed by atoms with Crippen LogP contribution in [0.2, 0.25) is 0 Å². The average molecular weight is 328 g/mol. The third-order valence-electron chi connectivity index (χ3n) is 3.68. The summed E-state index contributed by atoms with van der Waals surface area (Å²) in [5.74, 6) is 1.70. The van der Waals surface area contributed by atoms with Crippen LogP contribution in [0.3, 0.4) is 0 Å².